The molecule has 5 atom stereocenters. The van der Waals surface area contributed by atoms with Gasteiger partial charge in [0.1, 0.15) is 18.8 Å². The Labute approximate surface area is 168 Å². The van der Waals surface area contributed by atoms with Crippen LogP contribution >= 0.6 is 0 Å². The Morgan fingerprint density at radius 2 is 1.45 bits per heavy atom. The van der Waals surface area contributed by atoms with Crippen LogP contribution in [0, 0.1) is 0 Å². The van der Waals surface area contributed by atoms with Crippen LogP contribution in [0.25, 0.3) is 0 Å². The van der Waals surface area contributed by atoms with Crippen LogP contribution in [0.1, 0.15) is 47.5 Å². The van der Waals surface area contributed by atoms with E-state index in [1.807, 2.05) is 6.92 Å². The molecule has 0 bridgehead atoms. The van der Waals surface area contributed by atoms with E-state index in [0.717, 1.165) is 13.8 Å². The lowest BCUT2D eigenvalue weighted by molar-refractivity contribution is -0.228. The molecule has 0 spiro atoms. The number of ether oxygens (including phenoxy) is 4. The molecule has 1 fully saturated rings. The first-order valence-corrected chi connectivity index (χ1v) is 9.24. The van der Waals surface area contributed by atoms with E-state index in [9.17, 15) is 24.0 Å². The third-order valence-corrected chi connectivity index (χ3v) is 3.90. The standard InChI is InChI=1S/C18H28N2O9/c1-6-7-14(25)20-18-15(19-9(2)21)17(28-12(5)24)16(27-11(4)23)13(29-18)8-26-10(3)22/h13,15-18H,6-8H2,1-5H3,(H,19,21)(H,20,25)/t13-,15-,16-,17-,18-/m1/s1. The number of carbonyl (C=O) groups is 5. The molecule has 1 rings (SSSR count). The molecule has 11 heteroatoms. The summed E-state index contributed by atoms with van der Waals surface area (Å²) in [7, 11) is 0. The van der Waals surface area contributed by atoms with E-state index in [2.05, 4.69) is 10.6 Å². The maximum absolute atomic E-state index is 12.1. The third-order valence-electron chi connectivity index (χ3n) is 3.90. The Bertz CT molecular complexity index is 637. The van der Waals surface area contributed by atoms with Gasteiger partial charge in [0.05, 0.1) is 0 Å². The second-order valence-electron chi connectivity index (χ2n) is 6.59. The van der Waals surface area contributed by atoms with Crippen molar-refractivity contribution < 1.29 is 42.9 Å². The van der Waals surface area contributed by atoms with Gasteiger partial charge in [-0.3, -0.25) is 24.0 Å². The fourth-order valence-corrected chi connectivity index (χ4v) is 2.91. The van der Waals surface area contributed by atoms with Crippen LogP contribution in [0.4, 0.5) is 0 Å². The molecule has 0 aromatic rings. The largest absolute Gasteiger partial charge is 0.463 e. The van der Waals surface area contributed by atoms with Crippen LogP contribution < -0.4 is 10.6 Å². The maximum atomic E-state index is 12.1. The Kier molecular flexibility index (Phi) is 9.53. The SMILES string of the molecule is CCCC(=O)N[C@@H]1O[C@H](COC(C)=O)[C@@H](OC(C)=O)[C@H](OC(C)=O)[C@H]1NC(C)=O. The molecular weight excluding hydrogens is 388 g/mol. The topological polar surface area (TPSA) is 146 Å². The van der Waals surface area contributed by atoms with E-state index in [-0.39, 0.29) is 18.9 Å². The Morgan fingerprint density at radius 1 is 0.862 bits per heavy atom. The number of nitrogens with one attached hydrogen (secondary N) is 2. The number of rotatable bonds is 8. The Hall–Kier alpha value is -2.69. The van der Waals surface area contributed by atoms with Gasteiger partial charge in [-0.05, 0) is 6.42 Å². The molecule has 0 radical (unpaired) electrons. The summed E-state index contributed by atoms with van der Waals surface area (Å²) in [4.78, 5) is 58.4. The summed E-state index contributed by atoms with van der Waals surface area (Å²) in [6, 6.07) is -1.05. The smallest absolute Gasteiger partial charge is 0.303 e. The number of amides is 2. The quantitative estimate of drug-likeness (QED) is 0.397. The first kappa shape index (κ1) is 24.3. The minimum absolute atomic E-state index is 0.201. The van der Waals surface area contributed by atoms with Crippen molar-refractivity contribution in [1.82, 2.24) is 10.6 Å². The molecule has 2 amide bonds. The third kappa shape index (κ3) is 8.06. The van der Waals surface area contributed by atoms with Gasteiger partial charge in [-0.1, -0.05) is 6.92 Å². The molecule has 2 N–H and O–H groups in total. The fourth-order valence-electron chi connectivity index (χ4n) is 2.91. The molecule has 0 aliphatic carbocycles. The highest BCUT2D eigenvalue weighted by atomic mass is 16.6. The van der Waals surface area contributed by atoms with Gasteiger partial charge >= 0.3 is 17.9 Å². The summed E-state index contributed by atoms with van der Waals surface area (Å²) >= 11 is 0. The van der Waals surface area contributed by atoms with E-state index in [4.69, 9.17) is 18.9 Å². The van der Waals surface area contributed by atoms with Crippen LogP contribution in [0.3, 0.4) is 0 Å². The fraction of sp³-hybridized carbons (Fsp3) is 0.722. The van der Waals surface area contributed by atoms with Crippen molar-refractivity contribution in [3.05, 3.63) is 0 Å². The zero-order valence-electron chi connectivity index (χ0n) is 17.2. The minimum Gasteiger partial charge on any atom is -0.463 e. The highest BCUT2D eigenvalue weighted by Gasteiger charge is 2.51. The summed E-state index contributed by atoms with van der Waals surface area (Å²) in [6.45, 7) is 6.22. The van der Waals surface area contributed by atoms with Crippen LogP contribution in [-0.4, -0.2) is 66.9 Å². The van der Waals surface area contributed by atoms with Gasteiger partial charge < -0.3 is 29.6 Å². The van der Waals surface area contributed by atoms with Gasteiger partial charge in [0, 0.05) is 34.1 Å². The molecule has 0 aromatic carbocycles. The maximum Gasteiger partial charge on any atom is 0.303 e. The normalized spacial score (nSPS) is 26.0. The molecular formula is C18H28N2O9. The molecule has 1 heterocycles. The number of hydrogen-bond donors (Lipinski definition) is 2. The summed E-state index contributed by atoms with van der Waals surface area (Å²) in [5.41, 5.74) is 0. The van der Waals surface area contributed by atoms with Crippen molar-refractivity contribution >= 4 is 29.7 Å². The van der Waals surface area contributed by atoms with E-state index < -0.39 is 54.4 Å². The second kappa shape index (κ2) is 11.3. The van der Waals surface area contributed by atoms with Crippen LogP contribution in [0.15, 0.2) is 0 Å². The molecule has 29 heavy (non-hydrogen) atoms. The predicted octanol–water partition coefficient (Wildman–Crippen LogP) is -0.441. The molecule has 11 nitrogen and oxygen atoms in total. The molecule has 0 unspecified atom stereocenters. The molecule has 0 aromatic heterocycles. The second-order valence-corrected chi connectivity index (χ2v) is 6.59. The lowest BCUT2D eigenvalue weighted by atomic mass is 9.95. The minimum atomic E-state index is -1.19. The highest BCUT2D eigenvalue weighted by Crippen LogP contribution is 2.26. The molecule has 1 aliphatic rings. The zero-order chi connectivity index (χ0) is 22.1. The van der Waals surface area contributed by atoms with Crippen LogP contribution in [0.5, 0.6) is 0 Å². The van der Waals surface area contributed by atoms with Gasteiger partial charge in [0.25, 0.3) is 0 Å². The van der Waals surface area contributed by atoms with Crippen LogP contribution in [0.2, 0.25) is 0 Å². The van der Waals surface area contributed by atoms with E-state index >= 15 is 0 Å². The molecule has 1 saturated heterocycles. The van der Waals surface area contributed by atoms with Crippen molar-refractivity contribution in [3.8, 4) is 0 Å². The van der Waals surface area contributed by atoms with Gasteiger partial charge in [-0.2, -0.15) is 0 Å². The first-order chi connectivity index (χ1) is 13.5. The van der Waals surface area contributed by atoms with Crippen molar-refractivity contribution in [2.45, 2.75) is 78.0 Å². The van der Waals surface area contributed by atoms with Gasteiger partial charge in [-0.15, -0.1) is 0 Å². The molecule has 0 saturated carbocycles. The van der Waals surface area contributed by atoms with Gasteiger partial charge in [0.15, 0.2) is 18.4 Å². The molecule has 1 aliphatic heterocycles. The average molecular weight is 416 g/mol. The first-order valence-electron chi connectivity index (χ1n) is 9.24. The van der Waals surface area contributed by atoms with E-state index in [1.165, 1.54) is 13.8 Å². The Balaban J connectivity index is 3.29. The summed E-state index contributed by atoms with van der Waals surface area (Å²) in [5.74, 6) is -2.83. The summed E-state index contributed by atoms with van der Waals surface area (Å²) in [5, 5.41) is 5.19. The number of carbonyl (C=O) groups excluding carboxylic acids is 5. The van der Waals surface area contributed by atoms with Gasteiger partial charge in [0.2, 0.25) is 11.8 Å². The van der Waals surface area contributed by atoms with Crippen molar-refractivity contribution in [2.75, 3.05) is 6.61 Å². The zero-order valence-corrected chi connectivity index (χ0v) is 17.2. The van der Waals surface area contributed by atoms with E-state index in [0.29, 0.717) is 6.42 Å². The van der Waals surface area contributed by atoms with Crippen molar-refractivity contribution in [1.29, 1.82) is 0 Å². The molecule has 164 valence electrons. The lowest BCUT2D eigenvalue weighted by Gasteiger charge is -2.45. The lowest BCUT2D eigenvalue weighted by Crippen LogP contribution is -2.69. The van der Waals surface area contributed by atoms with Crippen LogP contribution in [-0.2, 0) is 42.9 Å². The van der Waals surface area contributed by atoms with Crippen molar-refractivity contribution in [3.63, 3.8) is 0 Å². The number of hydrogen-bond acceptors (Lipinski definition) is 9. The predicted molar refractivity (Wildman–Crippen MR) is 97.1 cm³/mol. The summed E-state index contributed by atoms with van der Waals surface area (Å²) < 4.78 is 21.4. The monoisotopic (exact) mass is 416 g/mol. The van der Waals surface area contributed by atoms with Gasteiger partial charge in [-0.25, -0.2) is 0 Å². The Morgan fingerprint density at radius 3 is 1.93 bits per heavy atom. The van der Waals surface area contributed by atoms with E-state index in [1.54, 1.807) is 0 Å². The highest BCUT2D eigenvalue weighted by molar-refractivity contribution is 5.77. The summed E-state index contributed by atoms with van der Waals surface area (Å²) in [6.07, 6.45) is -3.77. The average Bonchev–Trinajstić information content (AvgIpc) is 2.57. The van der Waals surface area contributed by atoms with Crippen molar-refractivity contribution in [2.24, 2.45) is 0 Å². The number of esters is 3.